The summed E-state index contributed by atoms with van der Waals surface area (Å²) < 4.78 is 0. The maximum Gasteiger partial charge on any atom is 0.0963 e. The second kappa shape index (κ2) is 7.91. The van der Waals surface area contributed by atoms with Gasteiger partial charge in [-0.3, -0.25) is 0 Å². The summed E-state index contributed by atoms with van der Waals surface area (Å²) in [4.78, 5) is 4.47. The Balaban J connectivity index is 1.98. The Morgan fingerprint density at radius 2 is 2.21 bits per heavy atom. The SMILES string of the molecule is CCCNC1CCC(CC)CC1Sc1ccccn1. The first-order chi connectivity index (χ1) is 9.33. The maximum absolute atomic E-state index is 4.47. The van der Waals surface area contributed by atoms with Crippen LogP contribution in [-0.4, -0.2) is 22.8 Å². The minimum Gasteiger partial charge on any atom is -0.313 e. The molecule has 2 rings (SSSR count). The van der Waals surface area contributed by atoms with E-state index < -0.39 is 0 Å². The van der Waals surface area contributed by atoms with Crippen LogP contribution in [0.5, 0.6) is 0 Å². The number of pyridine rings is 1. The van der Waals surface area contributed by atoms with Gasteiger partial charge in [-0.2, -0.15) is 0 Å². The highest BCUT2D eigenvalue weighted by molar-refractivity contribution is 7.99. The van der Waals surface area contributed by atoms with Crippen LogP contribution < -0.4 is 5.32 Å². The quantitative estimate of drug-likeness (QED) is 0.847. The van der Waals surface area contributed by atoms with Crippen molar-refractivity contribution < 1.29 is 0 Å². The molecular weight excluding hydrogens is 252 g/mol. The van der Waals surface area contributed by atoms with Crippen LogP contribution in [0.25, 0.3) is 0 Å². The van der Waals surface area contributed by atoms with E-state index in [1.54, 1.807) is 0 Å². The summed E-state index contributed by atoms with van der Waals surface area (Å²) in [6.07, 6.45) is 8.48. The Kier molecular flexibility index (Phi) is 6.18. The molecule has 1 fully saturated rings. The van der Waals surface area contributed by atoms with E-state index in [-0.39, 0.29) is 0 Å². The molecule has 1 heterocycles. The zero-order valence-electron chi connectivity index (χ0n) is 12.1. The molecule has 1 aliphatic carbocycles. The van der Waals surface area contributed by atoms with Crippen LogP contribution >= 0.6 is 11.8 Å². The third-order valence-corrected chi connectivity index (χ3v) is 5.35. The van der Waals surface area contributed by atoms with Gasteiger partial charge in [-0.15, -0.1) is 11.8 Å². The number of nitrogens with zero attached hydrogens (tertiary/aromatic N) is 1. The summed E-state index contributed by atoms with van der Waals surface area (Å²) in [5, 5.41) is 5.59. The molecule has 1 N–H and O–H groups in total. The fourth-order valence-electron chi connectivity index (χ4n) is 2.85. The molecule has 3 atom stereocenters. The van der Waals surface area contributed by atoms with Gasteiger partial charge in [0.2, 0.25) is 0 Å². The van der Waals surface area contributed by atoms with Crippen LogP contribution in [0, 0.1) is 5.92 Å². The zero-order valence-corrected chi connectivity index (χ0v) is 13.0. The fourth-order valence-corrected chi connectivity index (χ4v) is 4.20. The van der Waals surface area contributed by atoms with Gasteiger partial charge in [-0.05, 0) is 50.3 Å². The molecule has 2 nitrogen and oxygen atoms in total. The molecule has 1 aromatic heterocycles. The average Bonchev–Trinajstić information content (AvgIpc) is 2.47. The lowest BCUT2D eigenvalue weighted by Crippen LogP contribution is -2.42. The van der Waals surface area contributed by atoms with E-state index in [2.05, 4.69) is 36.3 Å². The maximum atomic E-state index is 4.47. The molecule has 0 radical (unpaired) electrons. The zero-order chi connectivity index (χ0) is 13.5. The summed E-state index contributed by atoms with van der Waals surface area (Å²) in [5.74, 6) is 0.904. The minimum atomic E-state index is 0.662. The second-order valence-corrected chi connectivity index (χ2v) is 6.73. The van der Waals surface area contributed by atoms with Crippen LogP contribution in [0.3, 0.4) is 0 Å². The Morgan fingerprint density at radius 1 is 1.32 bits per heavy atom. The molecule has 19 heavy (non-hydrogen) atoms. The van der Waals surface area contributed by atoms with E-state index in [1.807, 2.05) is 24.0 Å². The molecule has 1 saturated carbocycles. The molecule has 0 amide bonds. The summed E-state index contributed by atoms with van der Waals surface area (Å²) >= 11 is 1.97. The van der Waals surface area contributed by atoms with Gasteiger partial charge >= 0.3 is 0 Å². The van der Waals surface area contributed by atoms with Crippen LogP contribution in [0.4, 0.5) is 0 Å². The first-order valence-electron chi connectivity index (χ1n) is 7.64. The van der Waals surface area contributed by atoms with E-state index in [0.717, 1.165) is 12.5 Å². The number of rotatable bonds is 6. The summed E-state index contributed by atoms with van der Waals surface area (Å²) in [5.41, 5.74) is 0. The molecule has 0 bridgehead atoms. The van der Waals surface area contributed by atoms with Gasteiger partial charge in [0.25, 0.3) is 0 Å². The predicted octanol–water partition coefficient (Wildman–Crippen LogP) is 4.12. The number of aromatic nitrogens is 1. The smallest absolute Gasteiger partial charge is 0.0963 e. The molecule has 3 unspecified atom stereocenters. The highest BCUT2D eigenvalue weighted by atomic mass is 32.2. The molecule has 1 aliphatic rings. The van der Waals surface area contributed by atoms with Crippen molar-refractivity contribution in [2.24, 2.45) is 5.92 Å². The number of nitrogens with one attached hydrogen (secondary N) is 1. The molecule has 106 valence electrons. The minimum absolute atomic E-state index is 0.662. The van der Waals surface area contributed by atoms with Gasteiger partial charge in [0.1, 0.15) is 0 Å². The summed E-state index contributed by atoms with van der Waals surface area (Å²) in [6.45, 7) is 5.71. The largest absolute Gasteiger partial charge is 0.313 e. The molecule has 0 aromatic carbocycles. The standard InChI is InChI=1S/C16H26N2S/c1-3-10-17-14-9-8-13(4-2)12-15(14)19-16-7-5-6-11-18-16/h5-7,11,13-15,17H,3-4,8-10,12H2,1-2H3. The first-order valence-corrected chi connectivity index (χ1v) is 8.52. The third-order valence-electron chi connectivity index (χ3n) is 4.04. The Bertz CT molecular complexity index is 355. The molecule has 3 heteroatoms. The van der Waals surface area contributed by atoms with Crippen LogP contribution in [0.2, 0.25) is 0 Å². The molecular formula is C16H26N2S. The Hall–Kier alpha value is -0.540. The van der Waals surface area contributed by atoms with Gasteiger partial charge in [-0.1, -0.05) is 26.3 Å². The normalized spacial score (nSPS) is 27.4. The van der Waals surface area contributed by atoms with Crippen molar-refractivity contribution in [1.29, 1.82) is 0 Å². The van der Waals surface area contributed by atoms with Gasteiger partial charge in [0.15, 0.2) is 0 Å². The van der Waals surface area contributed by atoms with Gasteiger partial charge in [-0.25, -0.2) is 4.98 Å². The lowest BCUT2D eigenvalue weighted by molar-refractivity contribution is 0.295. The monoisotopic (exact) mass is 278 g/mol. The Labute approximate surface area is 121 Å². The Morgan fingerprint density at radius 3 is 2.89 bits per heavy atom. The van der Waals surface area contributed by atoms with Crippen LogP contribution in [0.1, 0.15) is 46.0 Å². The van der Waals surface area contributed by atoms with Crippen LogP contribution in [0.15, 0.2) is 29.4 Å². The third kappa shape index (κ3) is 4.50. The topological polar surface area (TPSA) is 24.9 Å². The van der Waals surface area contributed by atoms with E-state index in [4.69, 9.17) is 0 Å². The molecule has 1 aromatic rings. The number of hydrogen-bond donors (Lipinski definition) is 1. The predicted molar refractivity (Wildman–Crippen MR) is 83.6 cm³/mol. The fraction of sp³-hybridized carbons (Fsp3) is 0.688. The summed E-state index contributed by atoms with van der Waals surface area (Å²) in [6, 6.07) is 6.88. The second-order valence-electron chi connectivity index (χ2n) is 5.47. The van der Waals surface area contributed by atoms with Crippen molar-refractivity contribution in [1.82, 2.24) is 10.3 Å². The molecule has 0 spiro atoms. The van der Waals surface area contributed by atoms with Gasteiger partial charge in [0, 0.05) is 17.5 Å². The summed E-state index contributed by atoms with van der Waals surface area (Å²) in [7, 11) is 0. The lowest BCUT2D eigenvalue weighted by Gasteiger charge is -2.36. The van der Waals surface area contributed by atoms with E-state index in [9.17, 15) is 0 Å². The van der Waals surface area contributed by atoms with Crippen molar-refractivity contribution in [3.63, 3.8) is 0 Å². The lowest BCUT2D eigenvalue weighted by atomic mass is 9.84. The van der Waals surface area contributed by atoms with Crippen molar-refractivity contribution in [2.45, 2.75) is 62.3 Å². The highest BCUT2D eigenvalue weighted by Gasteiger charge is 2.30. The number of hydrogen-bond acceptors (Lipinski definition) is 3. The van der Waals surface area contributed by atoms with Gasteiger partial charge in [0.05, 0.1) is 5.03 Å². The number of thioether (sulfide) groups is 1. The van der Waals surface area contributed by atoms with Crippen LogP contribution in [-0.2, 0) is 0 Å². The molecule has 0 aliphatic heterocycles. The first kappa shape index (κ1) is 14.9. The van der Waals surface area contributed by atoms with Crippen molar-refractivity contribution in [2.75, 3.05) is 6.54 Å². The highest BCUT2D eigenvalue weighted by Crippen LogP contribution is 2.36. The van der Waals surface area contributed by atoms with Crippen molar-refractivity contribution >= 4 is 11.8 Å². The van der Waals surface area contributed by atoms with E-state index >= 15 is 0 Å². The molecule has 0 saturated heterocycles. The van der Waals surface area contributed by atoms with E-state index in [1.165, 1.54) is 37.1 Å². The average molecular weight is 278 g/mol. The van der Waals surface area contributed by atoms with Crippen molar-refractivity contribution in [3.05, 3.63) is 24.4 Å². The van der Waals surface area contributed by atoms with E-state index in [0.29, 0.717) is 11.3 Å². The van der Waals surface area contributed by atoms with Gasteiger partial charge < -0.3 is 5.32 Å². The van der Waals surface area contributed by atoms with Crippen molar-refractivity contribution in [3.8, 4) is 0 Å².